The standard InChI is InChI=1S/C23H27N3O7/c1-4-25-12-5-6-13(27)15-10(12)7-9-8-11-17(26(2)3)19(29)16(22(24)32)21(31)23(11,33)20(30)14(9)18(15)28/h5-6,9,11,17,25,27-28,31,33H,4,7-8H2,1-3H3,(H2,24,32)/t9?,11?,17-,23-/m0/s1. The number of benzene rings is 1. The molecule has 1 aromatic carbocycles. The molecule has 0 radical (unpaired) electrons. The number of aliphatic hydroxyl groups is 3. The van der Waals surface area contributed by atoms with Gasteiger partial charge in [0.1, 0.15) is 22.8 Å². The first-order valence-electron chi connectivity index (χ1n) is 10.7. The average Bonchev–Trinajstić information content (AvgIpc) is 2.72. The lowest BCUT2D eigenvalue weighted by molar-refractivity contribution is -0.153. The van der Waals surface area contributed by atoms with E-state index < -0.39 is 58.0 Å². The van der Waals surface area contributed by atoms with Gasteiger partial charge in [-0.1, -0.05) is 0 Å². The van der Waals surface area contributed by atoms with Crippen LogP contribution in [-0.2, 0) is 20.8 Å². The lowest BCUT2D eigenvalue weighted by atomic mass is 9.57. The highest BCUT2D eigenvalue weighted by Crippen LogP contribution is 2.53. The van der Waals surface area contributed by atoms with Crippen molar-refractivity contribution < 1.29 is 34.8 Å². The first kappa shape index (κ1) is 22.8. The number of carbonyl (C=O) groups excluding carboxylic acids is 3. The van der Waals surface area contributed by atoms with E-state index >= 15 is 0 Å². The molecule has 33 heavy (non-hydrogen) atoms. The number of carbonyl (C=O) groups is 3. The molecule has 0 aliphatic heterocycles. The van der Waals surface area contributed by atoms with E-state index in [1.165, 1.54) is 11.0 Å². The predicted octanol–water partition coefficient (Wildman–Crippen LogP) is 0.396. The minimum Gasteiger partial charge on any atom is -0.508 e. The quantitative estimate of drug-likeness (QED) is 0.276. The summed E-state index contributed by atoms with van der Waals surface area (Å²) in [7, 11) is 3.13. The number of primary amides is 1. The molecular weight excluding hydrogens is 430 g/mol. The Morgan fingerprint density at radius 2 is 1.91 bits per heavy atom. The fourth-order valence-electron chi connectivity index (χ4n) is 5.60. The van der Waals surface area contributed by atoms with E-state index in [4.69, 9.17) is 5.73 Å². The maximum Gasteiger partial charge on any atom is 0.255 e. The van der Waals surface area contributed by atoms with E-state index in [-0.39, 0.29) is 29.7 Å². The van der Waals surface area contributed by atoms with Crippen LogP contribution >= 0.6 is 0 Å². The monoisotopic (exact) mass is 457 g/mol. The molecule has 0 spiro atoms. The molecule has 10 heteroatoms. The van der Waals surface area contributed by atoms with Gasteiger partial charge < -0.3 is 31.5 Å². The average molecular weight is 457 g/mol. The molecule has 3 aliphatic carbocycles. The number of nitrogens with two attached hydrogens (primary N) is 1. The fourth-order valence-corrected chi connectivity index (χ4v) is 5.60. The highest BCUT2D eigenvalue weighted by molar-refractivity contribution is 6.24. The second-order valence-electron chi connectivity index (χ2n) is 8.98. The molecule has 0 heterocycles. The largest absolute Gasteiger partial charge is 0.508 e. The van der Waals surface area contributed by atoms with Crippen LogP contribution in [0.5, 0.6) is 5.75 Å². The molecule has 0 aromatic heterocycles. The van der Waals surface area contributed by atoms with Crippen molar-refractivity contribution in [3.8, 4) is 5.75 Å². The Kier molecular flexibility index (Phi) is 5.25. The Hall–Kier alpha value is -3.37. The van der Waals surface area contributed by atoms with Crippen LogP contribution in [0.25, 0.3) is 5.76 Å². The Bertz CT molecular complexity index is 1150. The first-order valence-corrected chi connectivity index (χ1v) is 10.7. The zero-order chi connectivity index (χ0) is 24.4. The number of nitrogens with one attached hydrogen (secondary N) is 1. The first-order chi connectivity index (χ1) is 15.5. The van der Waals surface area contributed by atoms with Crippen molar-refractivity contribution in [1.82, 2.24) is 4.90 Å². The Morgan fingerprint density at radius 3 is 2.48 bits per heavy atom. The van der Waals surface area contributed by atoms with Gasteiger partial charge >= 0.3 is 0 Å². The van der Waals surface area contributed by atoms with Gasteiger partial charge in [0.25, 0.3) is 5.91 Å². The lowest BCUT2D eigenvalue weighted by Crippen LogP contribution is -2.65. The second-order valence-corrected chi connectivity index (χ2v) is 8.98. The smallest absolute Gasteiger partial charge is 0.255 e. The Balaban J connectivity index is 1.97. The summed E-state index contributed by atoms with van der Waals surface area (Å²) in [5.41, 5.74) is 3.07. The normalized spacial score (nSPS) is 29.1. The molecular formula is C23H27N3O7. The SMILES string of the molecule is CCNc1ccc(O)c2c1CC1CC3[C@H](N(C)C)C(=O)C(C(N)=O)=C(O)[C@@]3(O)C(=O)C1=C2O. The van der Waals surface area contributed by atoms with Gasteiger partial charge in [-0.3, -0.25) is 19.3 Å². The van der Waals surface area contributed by atoms with Crippen LogP contribution in [0, 0.1) is 11.8 Å². The van der Waals surface area contributed by atoms with Gasteiger partial charge in [-0.15, -0.1) is 0 Å². The molecule has 4 atom stereocenters. The summed E-state index contributed by atoms with van der Waals surface area (Å²) >= 11 is 0. The summed E-state index contributed by atoms with van der Waals surface area (Å²) in [6.07, 6.45) is 0.318. The van der Waals surface area contributed by atoms with Gasteiger partial charge in [0.05, 0.1) is 11.6 Å². The molecule has 4 rings (SSSR count). The number of aliphatic hydroxyl groups excluding tert-OH is 2. The van der Waals surface area contributed by atoms with E-state index in [2.05, 4.69) is 5.32 Å². The number of phenolic OH excluding ortho intramolecular Hbond substituents is 1. The van der Waals surface area contributed by atoms with Crippen molar-refractivity contribution in [2.24, 2.45) is 17.6 Å². The van der Waals surface area contributed by atoms with E-state index in [0.717, 1.165) is 0 Å². The zero-order valence-corrected chi connectivity index (χ0v) is 18.5. The maximum absolute atomic E-state index is 13.7. The number of hydrogen-bond acceptors (Lipinski definition) is 9. The van der Waals surface area contributed by atoms with Gasteiger partial charge in [0.2, 0.25) is 5.78 Å². The highest BCUT2D eigenvalue weighted by atomic mass is 16.3. The molecule has 0 bridgehead atoms. The summed E-state index contributed by atoms with van der Waals surface area (Å²) in [5, 5.41) is 47.0. The van der Waals surface area contributed by atoms with Crippen LogP contribution < -0.4 is 11.1 Å². The lowest BCUT2D eigenvalue weighted by Gasteiger charge is -2.50. The topological polar surface area (TPSA) is 173 Å². The number of fused-ring (bicyclic) bond motifs is 3. The van der Waals surface area contributed by atoms with E-state index in [0.29, 0.717) is 17.8 Å². The van der Waals surface area contributed by atoms with Crippen molar-refractivity contribution >= 4 is 28.9 Å². The van der Waals surface area contributed by atoms with Gasteiger partial charge in [0, 0.05) is 23.7 Å². The van der Waals surface area contributed by atoms with Crippen molar-refractivity contribution in [1.29, 1.82) is 0 Å². The number of likely N-dealkylation sites (N-methyl/N-ethyl adjacent to an activating group) is 1. The third kappa shape index (κ3) is 2.97. The maximum atomic E-state index is 13.7. The van der Waals surface area contributed by atoms with Crippen molar-refractivity contribution in [2.75, 3.05) is 26.0 Å². The summed E-state index contributed by atoms with van der Waals surface area (Å²) in [5.74, 6) is -6.55. The Morgan fingerprint density at radius 1 is 1.24 bits per heavy atom. The summed E-state index contributed by atoms with van der Waals surface area (Å²) < 4.78 is 0. The van der Waals surface area contributed by atoms with E-state index in [1.54, 1.807) is 20.2 Å². The molecule has 1 saturated carbocycles. The number of anilines is 1. The van der Waals surface area contributed by atoms with Gasteiger partial charge in [-0.2, -0.15) is 0 Å². The van der Waals surface area contributed by atoms with Crippen LogP contribution in [0.15, 0.2) is 29.0 Å². The summed E-state index contributed by atoms with van der Waals surface area (Å²) in [4.78, 5) is 40.1. The molecule has 1 fully saturated rings. The molecule has 10 nitrogen and oxygen atoms in total. The minimum atomic E-state index is -2.63. The number of amides is 1. The molecule has 176 valence electrons. The number of Topliss-reactive ketones (excluding diaryl/α,β-unsaturated/α-hetero) is 2. The van der Waals surface area contributed by atoms with Crippen LogP contribution in [0.2, 0.25) is 0 Å². The number of phenols is 1. The second kappa shape index (κ2) is 7.60. The van der Waals surface area contributed by atoms with Crippen LogP contribution in [-0.4, -0.2) is 75.1 Å². The van der Waals surface area contributed by atoms with Gasteiger partial charge in [-0.25, -0.2) is 0 Å². The van der Waals surface area contributed by atoms with Crippen LogP contribution in [0.1, 0.15) is 24.5 Å². The third-order valence-electron chi connectivity index (χ3n) is 6.97. The zero-order valence-electron chi connectivity index (χ0n) is 18.5. The van der Waals surface area contributed by atoms with E-state index in [1.807, 2.05) is 6.92 Å². The van der Waals surface area contributed by atoms with Crippen LogP contribution in [0.3, 0.4) is 0 Å². The number of nitrogens with zero attached hydrogens (tertiary/aromatic N) is 1. The third-order valence-corrected chi connectivity index (χ3v) is 6.97. The molecule has 3 aliphatic rings. The number of hydrogen-bond donors (Lipinski definition) is 6. The fraction of sp³-hybridized carbons (Fsp3) is 0.435. The van der Waals surface area contributed by atoms with Crippen LogP contribution in [0.4, 0.5) is 5.69 Å². The minimum absolute atomic E-state index is 0.0625. The molecule has 1 aromatic rings. The highest BCUT2D eigenvalue weighted by Gasteiger charge is 2.64. The molecule has 0 saturated heterocycles. The summed E-state index contributed by atoms with van der Waals surface area (Å²) in [6, 6.07) is 1.97. The molecule has 2 unspecified atom stereocenters. The number of aromatic hydroxyl groups is 1. The Labute approximate surface area is 190 Å². The van der Waals surface area contributed by atoms with Crippen molar-refractivity contribution in [3.63, 3.8) is 0 Å². The van der Waals surface area contributed by atoms with Crippen molar-refractivity contribution in [2.45, 2.75) is 31.4 Å². The molecule has 7 N–H and O–H groups in total. The number of rotatable bonds is 4. The predicted molar refractivity (Wildman–Crippen MR) is 118 cm³/mol. The van der Waals surface area contributed by atoms with Crippen molar-refractivity contribution in [3.05, 3.63) is 40.2 Å². The van der Waals surface area contributed by atoms with Gasteiger partial charge in [0.15, 0.2) is 11.4 Å². The van der Waals surface area contributed by atoms with E-state index in [9.17, 15) is 34.8 Å². The number of ketones is 2. The summed E-state index contributed by atoms with van der Waals surface area (Å²) in [6.45, 7) is 2.49. The molecule has 1 amide bonds. The van der Waals surface area contributed by atoms with Gasteiger partial charge in [-0.05, 0) is 57.5 Å².